The van der Waals surface area contributed by atoms with Crippen molar-refractivity contribution in [3.63, 3.8) is 0 Å². The highest BCUT2D eigenvalue weighted by molar-refractivity contribution is 5.94. The molecule has 2 heterocycles. The average molecular weight is 597 g/mol. The first-order chi connectivity index (χ1) is 20.3. The second kappa shape index (κ2) is 14.2. The van der Waals surface area contributed by atoms with E-state index in [0.717, 1.165) is 30.3 Å². The van der Waals surface area contributed by atoms with E-state index in [1.807, 2.05) is 33.8 Å². The van der Waals surface area contributed by atoms with Gasteiger partial charge in [-0.3, -0.25) is 14.5 Å². The fraction of sp³-hybridized carbons (Fsp3) is 0.515. The van der Waals surface area contributed by atoms with E-state index in [4.69, 9.17) is 0 Å². The number of carbonyl (C=O) groups excluding carboxylic acids is 2. The lowest BCUT2D eigenvalue weighted by Crippen LogP contribution is -2.73. The molecule has 1 aliphatic carbocycles. The number of carbonyl (C=O) groups is 2. The van der Waals surface area contributed by atoms with Gasteiger partial charge in [0.05, 0.1) is 23.2 Å². The first-order valence-electron chi connectivity index (χ1n) is 14.8. The number of nitrogens with zero attached hydrogens (tertiary/aromatic N) is 4. The number of halogens is 2. The number of rotatable bonds is 9. The van der Waals surface area contributed by atoms with Crippen LogP contribution < -0.4 is 15.5 Å². The minimum absolute atomic E-state index is 0.103. The molecule has 43 heavy (non-hydrogen) atoms. The second-order valence-corrected chi connectivity index (χ2v) is 12.3. The molecular formula is C33H46F2N6O2. The molecule has 234 valence electrons. The van der Waals surface area contributed by atoms with Crippen LogP contribution in [0, 0.1) is 25.5 Å². The zero-order valence-corrected chi connectivity index (χ0v) is 26.4. The number of hydrogen-bond donors (Lipinski definition) is 2. The van der Waals surface area contributed by atoms with Gasteiger partial charge in [-0.05, 0) is 65.7 Å². The Morgan fingerprint density at radius 2 is 1.70 bits per heavy atom. The molecule has 1 aromatic carbocycles. The van der Waals surface area contributed by atoms with E-state index >= 15 is 0 Å². The highest BCUT2D eigenvalue weighted by Gasteiger charge is 2.48. The normalized spacial score (nSPS) is 17.3. The van der Waals surface area contributed by atoms with E-state index in [-0.39, 0.29) is 23.9 Å². The van der Waals surface area contributed by atoms with Crippen molar-refractivity contribution in [3.05, 3.63) is 78.0 Å². The van der Waals surface area contributed by atoms with E-state index in [9.17, 15) is 18.4 Å². The Morgan fingerprint density at radius 1 is 1.09 bits per heavy atom. The summed E-state index contributed by atoms with van der Waals surface area (Å²) in [5, 5.41) is 6.22. The molecule has 0 radical (unpaired) electrons. The smallest absolute Gasteiger partial charge is 0.248 e. The van der Waals surface area contributed by atoms with Crippen LogP contribution in [-0.2, 0) is 15.1 Å². The van der Waals surface area contributed by atoms with Gasteiger partial charge in [0.2, 0.25) is 11.8 Å². The first-order valence-corrected chi connectivity index (χ1v) is 14.8. The van der Waals surface area contributed by atoms with Crippen LogP contribution in [0.15, 0.2) is 49.2 Å². The summed E-state index contributed by atoms with van der Waals surface area (Å²) < 4.78 is 27.6. The summed E-state index contributed by atoms with van der Waals surface area (Å²) in [5.74, 6) is -1.39. The van der Waals surface area contributed by atoms with Gasteiger partial charge in [0.15, 0.2) is 5.82 Å². The summed E-state index contributed by atoms with van der Waals surface area (Å²) in [5.41, 5.74) is 0.602. The molecule has 1 saturated carbocycles. The van der Waals surface area contributed by atoms with Crippen molar-refractivity contribution in [2.45, 2.75) is 90.3 Å². The maximum Gasteiger partial charge on any atom is 0.248 e. The highest BCUT2D eigenvalue weighted by atomic mass is 19.1. The van der Waals surface area contributed by atoms with Gasteiger partial charge in [0, 0.05) is 55.4 Å². The van der Waals surface area contributed by atoms with Crippen LogP contribution in [0.4, 0.5) is 14.5 Å². The molecule has 1 saturated heterocycles. The Hall–Kier alpha value is -3.66. The minimum Gasteiger partial charge on any atom is -0.348 e. The first kappa shape index (κ1) is 33.8. The SMILES string of the molecule is C/C(=C\N(C)c1ccc(F)cc1F)C(=O)NC1(CC(=O)NC(C)(C)c2nc(C)cc(C)n2)CN(C2CCCCC2)C1.C=C. The summed E-state index contributed by atoms with van der Waals surface area (Å²) in [7, 11) is 1.60. The molecule has 2 fully saturated rings. The van der Waals surface area contributed by atoms with Crippen molar-refractivity contribution in [1.29, 1.82) is 0 Å². The molecule has 2 aromatic rings. The maximum absolute atomic E-state index is 14.3. The lowest BCUT2D eigenvalue weighted by Gasteiger charge is -2.54. The minimum atomic E-state index is -0.802. The number of likely N-dealkylation sites (tertiary alicyclic amines) is 1. The van der Waals surface area contributed by atoms with E-state index < -0.39 is 22.7 Å². The van der Waals surface area contributed by atoms with Gasteiger partial charge in [-0.15, -0.1) is 13.2 Å². The van der Waals surface area contributed by atoms with Gasteiger partial charge in [-0.25, -0.2) is 18.7 Å². The number of anilines is 1. The summed E-state index contributed by atoms with van der Waals surface area (Å²) in [6, 6.07) is 5.65. The van der Waals surface area contributed by atoms with Gasteiger partial charge < -0.3 is 15.5 Å². The zero-order valence-electron chi connectivity index (χ0n) is 26.4. The third-order valence-corrected chi connectivity index (χ3v) is 8.01. The average Bonchev–Trinajstić information content (AvgIpc) is 2.92. The van der Waals surface area contributed by atoms with Gasteiger partial charge in [-0.2, -0.15) is 0 Å². The Labute approximate surface area is 254 Å². The monoisotopic (exact) mass is 596 g/mol. The van der Waals surface area contributed by atoms with Crippen molar-refractivity contribution in [1.82, 2.24) is 25.5 Å². The predicted octanol–water partition coefficient (Wildman–Crippen LogP) is 5.46. The van der Waals surface area contributed by atoms with Gasteiger partial charge >= 0.3 is 0 Å². The molecule has 0 unspecified atom stereocenters. The van der Waals surface area contributed by atoms with Crippen LogP contribution in [0.1, 0.15) is 76.5 Å². The lowest BCUT2D eigenvalue weighted by atomic mass is 9.81. The molecule has 0 atom stereocenters. The Morgan fingerprint density at radius 3 is 2.28 bits per heavy atom. The molecule has 8 nitrogen and oxygen atoms in total. The topological polar surface area (TPSA) is 90.5 Å². The third kappa shape index (κ3) is 8.69. The number of aryl methyl sites for hydroxylation is 2. The molecule has 1 aliphatic heterocycles. The molecule has 2 amide bonds. The van der Waals surface area contributed by atoms with Gasteiger partial charge in [0.25, 0.3) is 0 Å². The van der Waals surface area contributed by atoms with Crippen LogP contribution >= 0.6 is 0 Å². The van der Waals surface area contributed by atoms with Crippen LogP contribution in [0.5, 0.6) is 0 Å². The van der Waals surface area contributed by atoms with Crippen LogP contribution in [0.25, 0.3) is 0 Å². The predicted molar refractivity (Wildman–Crippen MR) is 166 cm³/mol. The summed E-state index contributed by atoms with van der Waals surface area (Å²) in [6.07, 6.45) is 7.50. The zero-order chi connectivity index (χ0) is 31.9. The second-order valence-electron chi connectivity index (χ2n) is 12.3. The highest BCUT2D eigenvalue weighted by Crippen LogP contribution is 2.33. The summed E-state index contributed by atoms with van der Waals surface area (Å²) in [4.78, 5) is 39.7. The molecule has 1 aromatic heterocycles. The Balaban J connectivity index is 0.00000248. The summed E-state index contributed by atoms with van der Waals surface area (Å²) in [6.45, 7) is 16.3. The fourth-order valence-corrected chi connectivity index (χ4v) is 5.96. The molecular weight excluding hydrogens is 550 g/mol. The van der Waals surface area contributed by atoms with Crippen molar-refractivity contribution < 1.29 is 18.4 Å². The molecule has 0 spiro atoms. The molecule has 0 bridgehead atoms. The van der Waals surface area contributed by atoms with Crippen molar-refractivity contribution in [2.24, 2.45) is 0 Å². The van der Waals surface area contributed by atoms with E-state index in [2.05, 4.69) is 38.7 Å². The largest absolute Gasteiger partial charge is 0.348 e. The molecule has 10 heteroatoms. The number of nitrogens with one attached hydrogen (secondary N) is 2. The summed E-state index contributed by atoms with van der Waals surface area (Å²) >= 11 is 0. The number of aromatic nitrogens is 2. The Kier molecular flexibility index (Phi) is 11.2. The number of amides is 2. The quantitative estimate of drug-likeness (QED) is 0.295. The van der Waals surface area contributed by atoms with Crippen LogP contribution in [0.2, 0.25) is 0 Å². The Bertz CT molecular complexity index is 1310. The molecule has 4 rings (SSSR count). The van der Waals surface area contributed by atoms with Gasteiger partial charge in [-0.1, -0.05) is 19.3 Å². The van der Waals surface area contributed by atoms with E-state index in [0.29, 0.717) is 30.5 Å². The van der Waals surface area contributed by atoms with Gasteiger partial charge in [0.1, 0.15) is 11.6 Å². The van der Waals surface area contributed by atoms with E-state index in [1.165, 1.54) is 42.5 Å². The van der Waals surface area contributed by atoms with Crippen LogP contribution in [0.3, 0.4) is 0 Å². The lowest BCUT2D eigenvalue weighted by molar-refractivity contribution is -0.130. The maximum atomic E-state index is 14.3. The van der Waals surface area contributed by atoms with Crippen molar-refractivity contribution in [3.8, 4) is 0 Å². The fourth-order valence-electron chi connectivity index (χ4n) is 5.96. The third-order valence-electron chi connectivity index (χ3n) is 8.01. The standard InChI is InChI=1S/C31H42F2N6O2.C2H4/c1-20(17-38(6)26-13-12-23(32)15-25(26)33)28(41)37-31(18-39(19-31)24-10-8-7-9-11-24)16-27(40)36-30(4,5)29-34-21(2)14-22(3)35-29;1-2/h12-15,17,24H,7-11,16,18-19H2,1-6H3,(H,36,40)(H,37,41);1-2H2/b20-17+;. The number of hydrogen-bond acceptors (Lipinski definition) is 6. The van der Waals surface area contributed by atoms with Crippen molar-refractivity contribution >= 4 is 17.5 Å². The van der Waals surface area contributed by atoms with E-state index in [1.54, 1.807) is 14.0 Å². The molecule has 2 aliphatic rings. The number of benzene rings is 1. The van der Waals surface area contributed by atoms with Crippen LogP contribution in [-0.4, -0.2) is 58.4 Å². The van der Waals surface area contributed by atoms with Crippen molar-refractivity contribution in [2.75, 3.05) is 25.0 Å². The molecule has 2 N–H and O–H groups in total.